The topological polar surface area (TPSA) is 135 Å². The number of ether oxygens (including phenoxy) is 4. The second-order valence-electron chi connectivity index (χ2n) is 15.1. The van der Waals surface area contributed by atoms with Gasteiger partial charge in [-0.1, -0.05) is 160 Å². The Morgan fingerprint density at radius 2 is 1.09 bits per heavy atom. The Kier molecular flexibility index (Phi) is 34.0. The summed E-state index contributed by atoms with van der Waals surface area (Å²) in [6, 6.07) is 0. The predicted octanol–water partition coefficient (Wildman–Crippen LogP) is 9.42. The van der Waals surface area contributed by atoms with Crippen molar-refractivity contribution < 1.29 is 44.2 Å². The highest BCUT2D eigenvalue weighted by Gasteiger charge is 2.44. The van der Waals surface area contributed by atoms with Crippen molar-refractivity contribution in [2.24, 2.45) is 0 Å². The van der Waals surface area contributed by atoms with Crippen molar-refractivity contribution in [2.75, 3.05) is 26.4 Å². The first-order valence-electron chi connectivity index (χ1n) is 21.9. The lowest BCUT2D eigenvalue weighted by Crippen LogP contribution is -2.59. The lowest BCUT2D eigenvalue weighted by atomic mass is 9.99. The molecule has 9 nitrogen and oxygen atoms in total. The molecule has 4 N–H and O–H groups in total. The van der Waals surface area contributed by atoms with E-state index in [1.54, 1.807) is 0 Å². The number of carbonyl (C=O) groups excluding carboxylic acids is 1. The molecule has 0 aromatic heterocycles. The number of carbonyl (C=O) groups is 1. The van der Waals surface area contributed by atoms with Crippen molar-refractivity contribution in [1.29, 1.82) is 0 Å². The molecule has 1 aliphatic rings. The number of aliphatic hydroxyl groups is 4. The molecule has 6 atom stereocenters. The minimum atomic E-state index is -1.53. The number of aliphatic hydroxyl groups excluding tert-OH is 4. The van der Waals surface area contributed by atoms with Gasteiger partial charge in [-0.3, -0.25) is 4.79 Å². The Labute approximate surface area is 324 Å². The Hall–Kier alpha value is -1.33. The largest absolute Gasteiger partial charge is 0.457 e. The molecule has 0 bridgehead atoms. The average Bonchev–Trinajstić information content (AvgIpc) is 3.16. The van der Waals surface area contributed by atoms with E-state index in [0.29, 0.717) is 13.0 Å². The molecule has 9 heteroatoms. The maximum atomic E-state index is 12.7. The summed E-state index contributed by atoms with van der Waals surface area (Å²) in [5.41, 5.74) is 0. The van der Waals surface area contributed by atoms with Gasteiger partial charge in [-0.2, -0.15) is 0 Å². The molecule has 53 heavy (non-hydrogen) atoms. The molecule has 312 valence electrons. The molecule has 1 rings (SSSR count). The maximum absolute atomic E-state index is 12.7. The van der Waals surface area contributed by atoms with E-state index in [4.69, 9.17) is 18.9 Å². The van der Waals surface area contributed by atoms with Crippen LogP contribution in [0.5, 0.6) is 0 Å². The zero-order valence-corrected chi connectivity index (χ0v) is 34.0. The van der Waals surface area contributed by atoms with Crippen molar-refractivity contribution in [3.63, 3.8) is 0 Å². The van der Waals surface area contributed by atoms with Crippen LogP contribution in [-0.2, 0) is 23.7 Å². The summed E-state index contributed by atoms with van der Waals surface area (Å²) in [6.07, 6.45) is 33.4. The number of hydrogen-bond donors (Lipinski definition) is 4. The standard InChI is InChI=1S/C44H82O9/c1-3-5-7-9-11-13-15-17-18-19-20-22-24-26-28-30-32-34-50-36-38(37-51-44-43(49)42(48)41(47)39(35-45)53-44)52-40(46)33-31-29-27-25-23-21-16-14-12-10-8-6-4-2/h13,15,18-19,38-39,41-45,47-49H,3-12,14,16-17,20-37H2,1-2H3/b15-13-,19-18-. The Balaban J connectivity index is 2.28. The zero-order valence-electron chi connectivity index (χ0n) is 34.0. The quantitative estimate of drug-likeness (QED) is 0.0278. The third kappa shape index (κ3) is 27.8. The molecule has 0 saturated carbocycles. The lowest BCUT2D eigenvalue weighted by Gasteiger charge is -2.39. The Bertz CT molecular complexity index is 864. The van der Waals surface area contributed by atoms with Crippen LogP contribution in [-0.4, -0.2) is 89.6 Å². The molecular weight excluding hydrogens is 672 g/mol. The van der Waals surface area contributed by atoms with Crippen LogP contribution in [0, 0.1) is 0 Å². The summed E-state index contributed by atoms with van der Waals surface area (Å²) in [6.45, 7) is 4.53. The minimum absolute atomic E-state index is 0.114. The highest BCUT2D eigenvalue weighted by atomic mass is 16.7. The minimum Gasteiger partial charge on any atom is -0.457 e. The van der Waals surface area contributed by atoms with Gasteiger partial charge in [-0.15, -0.1) is 0 Å². The van der Waals surface area contributed by atoms with E-state index < -0.39 is 43.4 Å². The van der Waals surface area contributed by atoms with Gasteiger partial charge in [-0.05, 0) is 44.9 Å². The van der Waals surface area contributed by atoms with Crippen LogP contribution in [0.2, 0.25) is 0 Å². The van der Waals surface area contributed by atoms with E-state index in [1.165, 1.54) is 116 Å². The van der Waals surface area contributed by atoms with Crippen molar-refractivity contribution in [1.82, 2.24) is 0 Å². The van der Waals surface area contributed by atoms with Crippen LogP contribution in [0.4, 0.5) is 0 Å². The molecular formula is C44H82O9. The van der Waals surface area contributed by atoms with E-state index >= 15 is 0 Å². The molecule has 1 fully saturated rings. The van der Waals surface area contributed by atoms with Gasteiger partial charge in [0.25, 0.3) is 0 Å². The second-order valence-corrected chi connectivity index (χ2v) is 15.1. The molecule has 0 aromatic carbocycles. The molecule has 1 saturated heterocycles. The normalized spacial score (nSPS) is 21.2. The van der Waals surface area contributed by atoms with Gasteiger partial charge in [0.2, 0.25) is 0 Å². The van der Waals surface area contributed by atoms with Gasteiger partial charge in [0.15, 0.2) is 6.29 Å². The summed E-state index contributed by atoms with van der Waals surface area (Å²) >= 11 is 0. The van der Waals surface area contributed by atoms with Crippen LogP contribution in [0.1, 0.15) is 187 Å². The van der Waals surface area contributed by atoms with Gasteiger partial charge < -0.3 is 39.4 Å². The predicted molar refractivity (Wildman–Crippen MR) is 215 cm³/mol. The highest BCUT2D eigenvalue weighted by molar-refractivity contribution is 5.69. The van der Waals surface area contributed by atoms with Crippen molar-refractivity contribution in [3.05, 3.63) is 24.3 Å². The van der Waals surface area contributed by atoms with Gasteiger partial charge in [-0.25, -0.2) is 0 Å². The van der Waals surface area contributed by atoms with E-state index in [9.17, 15) is 25.2 Å². The zero-order chi connectivity index (χ0) is 38.6. The second kappa shape index (κ2) is 36.3. The molecule has 0 spiro atoms. The van der Waals surface area contributed by atoms with Crippen molar-refractivity contribution in [3.8, 4) is 0 Å². The van der Waals surface area contributed by atoms with Crippen molar-refractivity contribution in [2.45, 2.75) is 224 Å². The summed E-state index contributed by atoms with van der Waals surface area (Å²) in [5.74, 6) is -0.316. The average molecular weight is 755 g/mol. The monoisotopic (exact) mass is 755 g/mol. The fourth-order valence-corrected chi connectivity index (χ4v) is 6.64. The first-order valence-corrected chi connectivity index (χ1v) is 21.9. The summed E-state index contributed by atoms with van der Waals surface area (Å²) < 4.78 is 22.8. The highest BCUT2D eigenvalue weighted by Crippen LogP contribution is 2.22. The van der Waals surface area contributed by atoms with E-state index in [1.807, 2.05) is 0 Å². The number of unbranched alkanes of at least 4 members (excludes halogenated alkanes) is 22. The maximum Gasteiger partial charge on any atom is 0.306 e. The third-order valence-electron chi connectivity index (χ3n) is 10.1. The number of allylic oxidation sites excluding steroid dienone is 4. The molecule has 0 radical (unpaired) electrons. The fraction of sp³-hybridized carbons (Fsp3) is 0.886. The Morgan fingerprint density at radius 3 is 1.64 bits per heavy atom. The fourth-order valence-electron chi connectivity index (χ4n) is 6.64. The van der Waals surface area contributed by atoms with Crippen LogP contribution in [0.3, 0.4) is 0 Å². The van der Waals surface area contributed by atoms with Crippen LogP contribution < -0.4 is 0 Å². The molecule has 6 unspecified atom stereocenters. The van der Waals surface area contributed by atoms with Gasteiger partial charge in [0.1, 0.15) is 30.5 Å². The third-order valence-corrected chi connectivity index (χ3v) is 10.1. The number of hydrogen-bond acceptors (Lipinski definition) is 9. The van der Waals surface area contributed by atoms with Gasteiger partial charge in [0, 0.05) is 13.0 Å². The lowest BCUT2D eigenvalue weighted by molar-refractivity contribution is -0.305. The molecule has 1 heterocycles. The molecule has 0 amide bonds. The van der Waals surface area contributed by atoms with E-state index in [-0.39, 0.29) is 19.2 Å². The summed E-state index contributed by atoms with van der Waals surface area (Å²) in [7, 11) is 0. The van der Waals surface area contributed by atoms with Crippen LogP contribution in [0.25, 0.3) is 0 Å². The van der Waals surface area contributed by atoms with E-state index in [0.717, 1.165) is 51.4 Å². The summed E-state index contributed by atoms with van der Waals surface area (Å²) in [4.78, 5) is 12.7. The number of esters is 1. The molecule has 0 aliphatic carbocycles. The van der Waals surface area contributed by atoms with Crippen LogP contribution >= 0.6 is 0 Å². The smallest absolute Gasteiger partial charge is 0.306 e. The van der Waals surface area contributed by atoms with Gasteiger partial charge in [0.05, 0.1) is 19.8 Å². The van der Waals surface area contributed by atoms with E-state index in [2.05, 4.69) is 38.2 Å². The SMILES string of the molecule is CCCCCC/C=C\C/C=C\CCCCCCCCOCC(COC1OC(CO)C(O)C(O)C1O)OC(=O)CCCCCCCCCCCCCCC. The van der Waals surface area contributed by atoms with Gasteiger partial charge >= 0.3 is 5.97 Å². The molecule has 0 aromatic rings. The first kappa shape index (κ1) is 49.7. The first-order chi connectivity index (χ1) is 25.9. The summed E-state index contributed by atoms with van der Waals surface area (Å²) in [5, 5.41) is 40.0. The molecule has 1 aliphatic heterocycles. The van der Waals surface area contributed by atoms with Crippen molar-refractivity contribution >= 4 is 5.97 Å². The van der Waals surface area contributed by atoms with Crippen LogP contribution in [0.15, 0.2) is 24.3 Å². The Morgan fingerprint density at radius 1 is 0.604 bits per heavy atom. The number of rotatable bonds is 37.